The zero-order chi connectivity index (χ0) is 15.8. The quantitative estimate of drug-likeness (QED) is 0.654. The summed E-state index contributed by atoms with van der Waals surface area (Å²) in [6.07, 6.45) is 0.324. The highest BCUT2D eigenvalue weighted by Gasteiger charge is 2.09. The first-order valence-electron chi connectivity index (χ1n) is 7.04. The van der Waals surface area contributed by atoms with Gasteiger partial charge in [0, 0.05) is 30.9 Å². The Balaban J connectivity index is 2.40. The number of benzene rings is 1. The van der Waals surface area contributed by atoms with Crippen LogP contribution in [0.1, 0.15) is 18.9 Å². The van der Waals surface area contributed by atoms with Crippen molar-refractivity contribution >= 4 is 23.2 Å². The van der Waals surface area contributed by atoms with Crippen molar-refractivity contribution in [3.8, 4) is 0 Å². The number of carbonyl (C=O) groups excluding carboxylic acids is 2. The van der Waals surface area contributed by atoms with E-state index in [1.54, 1.807) is 12.1 Å². The van der Waals surface area contributed by atoms with E-state index in [-0.39, 0.29) is 11.8 Å². The molecule has 0 radical (unpaired) electrons. The lowest BCUT2D eigenvalue weighted by Gasteiger charge is -2.16. The first-order chi connectivity index (χ1) is 9.93. The molecule has 6 nitrogen and oxygen atoms in total. The molecule has 1 aromatic rings. The summed E-state index contributed by atoms with van der Waals surface area (Å²) < 4.78 is 0. The summed E-state index contributed by atoms with van der Waals surface area (Å²) in [6.45, 7) is 5.16. The van der Waals surface area contributed by atoms with Gasteiger partial charge in [0.25, 0.3) is 0 Å². The molecule has 0 fully saturated rings. The molecule has 0 spiro atoms. The largest absolute Gasteiger partial charge is 0.398 e. The summed E-state index contributed by atoms with van der Waals surface area (Å²) in [5.41, 5.74) is 8.04. The van der Waals surface area contributed by atoms with Gasteiger partial charge >= 0.3 is 0 Å². The van der Waals surface area contributed by atoms with Crippen molar-refractivity contribution in [2.45, 2.75) is 20.3 Å². The van der Waals surface area contributed by atoms with Gasteiger partial charge in [-0.3, -0.25) is 14.5 Å². The SMILES string of the molecule is CCNC(=O)CN(C)CCC(=O)Nc1cccc(N)c1C. The van der Waals surface area contributed by atoms with Crippen molar-refractivity contribution in [1.82, 2.24) is 10.2 Å². The molecule has 0 saturated carbocycles. The van der Waals surface area contributed by atoms with Gasteiger partial charge in [-0.05, 0) is 38.6 Å². The number of nitrogen functional groups attached to an aromatic ring is 1. The van der Waals surface area contributed by atoms with Crippen LogP contribution in [-0.4, -0.2) is 43.4 Å². The third kappa shape index (κ3) is 5.83. The van der Waals surface area contributed by atoms with Gasteiger partial charge in [-0.2, -0.15) is 0 Å². The van der Waals surface area contributed by atoms with Gasteiger partial charge in [0.05, 0.1) is 6.54 Å². The van der Waals surface area contributed by atoms with Gasteiger partial charge < -0.3 is 16.4 Å². The summed E-state index contributed by atoms with van der Waals surface area (Å²) in [4.78, 5) is 25.1. The number of nitrogens with two attached hydrogens (primary N) is 1. The zero-order valence-corrected chi connectivity index (χ0v) is 12.9. The van der Waals surface area contributed by atoms with Crippen LogP contribution < -0.4 is 16.4 Å². The molecule has 0 bridgehead atoms. The third-order valence-corrected chi connectivity index (χ3v) is 3.16. The van der Waals surface area contributed by atoms with Crippen LogP contribution in [-0.2, 0) is 9.59 Å². The average Bonchev–Trinajstić information content (AvgIpc) is 2.42. The van der Waals surface area contributed by atoms with Crippen LogP contribution in [0.25, 0.3) is 0 Å². The van der Waals surface area contributed by atoms with E-state index in [9.17, 15) is 9.59 Å². The van der Waals surface area contributed by atoms with E-state index in [1.165, 1.54) is 0 Å². The molecule has 0 aliphatic rings. The Hall–Kier alpha value is -2.08. The summed E-state index contributed by atoms with van der Waals surface area (Å²) in [5, 5.41) is 5.56. The molecular formula is C15H24N4O2. The number of anilines is 2. The minimum atomic E-state index is -0.0913. The van der Waals surface area contributed by atoms with Crippen molar-refractivity contribution in [3.63, 3.8) is 0 Å². The molecule has 1 aromatic carbocycles. The Labute approximate surface area is 125 Å². The number of nitrogens with one attached hydrogen (secondary N) is 2. The number of amides is 2. The van der Waals surface area contributed by atoms with E-state index in [0.717, 1.165) is 11.3 Å². The lowest BCUT2D eigenvalue weighted by Crippen LogP contribution is -2.36. The molecule has 0 saturated heterocycles. The molecule has 0 unspecified atom stereocenters. The minimum Gasteiger partial charge on any atom is -0.398 e. The summed E-state index contributed by atoms with van der Waals surface area (Å²) >= 11 is 0. The lowest BCUT2D eigenvalue weighted by molar-refractivity contribution is -0.122. The maximum Gasteiger partial charge on any atom is 0.234 e. The normalized spacial score (nSPS) is 10.5. The highest BCUT2D eigenvalue weighted by molar-refractivity contribution is 5.92. The highest BCUT2D eigenvalue weighted by Crippen LogP contribution is 2.20. The fraction of sp³-hybridized carbons (Fsp3) is 0.467. The fourth-order valence-electron chi connectivity index (χ4n) is 1.87. The Bertz CT molecular complexity index is 502. The van der Waals surface area contributed by atoms with Crippen molar-refractivity contribution in [3.05, 3.63) is 23.8 Å². The van der Waals surface area contributed by atoms with Crippen LogP contribution in [0, 0.1) is 6.92 Å². The summed E-state index contributed by atoms with van der Waals surface area (Å²) in [6, 6.07) is 5.42. The smallest absolute Gasteiger partial charge is 0.234 e. The van der Waals surface area contributed by atoms with Crippen molar-refractivity contribution in [2.24, 2.45) is 0 Å². The molecule has 21 heavy (non-hydrogen) atoms. The number of rotatable bonds is 7. The molecule has 0 heterocycles. The topological polar surface area (TPSA) is 87.5 Å². The predicted molar refractivity (Wildman–Crippen MR) is 85.0 cm³/mol. The monoisotopic (exact) mass is 292 g/mol. The maximum atomic E-state index is 11.9. The van der Waals surface area contributed by atoms with Gasteiger partial charge in [-0.25, -0.2) is 0 Å². The second-order valence-corrected chi connectivity index (χ2v) is 5.01. The molecule has 116 valence electrons. The molecule has 0 aliphatic heterocycles. The van der Waals surface area contributed by atoms with E-state index in [4.69, 9.17) is 5.73 Å². The van der Waals surface area contributed by atoms with Crippen LogP contribution in [0.15, 0.2) is 18.2 Å². The third-order valence-electron chi connectivity index (χ3n) is 3.16. The molecule has 0 aromatic heterocycles. The standard InChI is InChI=1S/C15H24N4O2/c1-4-17-15(21)10-19(3)9-8-14(20)18-13-7-5-6-12(16)11(13)2/h5-7H,4,8-10,16H2,1-3H3,(H,17,21)(H,18,20). The van der Waals surface area contributed by atoms with Crippen molar-refractivity contribution in [2.75, 3.05) is 37.7 Å². The number of nitrogens with zero attached hydrogens (tertiary/aromatic N) is 1. The second-order valence-electron chi connectivity index (χ2n) is 5.01. The summed E-state index contributed by atoms with van der Waals surface area (Å²) in [7, 11) is 1.81. The van der Waals surface area contributed by atoms with Gasteiger partial charge in [-0.1, -0.05) is 6.07 Å². The molecule has 2 amide bonds. The minimum absolute atomic E-state index is 0.0351. The first-order valence-corrected chi connectivity index (χ1v) is 7.04. The van der Waals surface area contributed by atoms with Crippen LogP contribution in [0.3, 0.4) is 0 Å². The summed E-state index contributed by atoms with van der Waals surface area (Å²) in [5.74, 6) is -0.126. The molecule has 0 aliphatic carbocycles. The van der Waals surface area contributed by atoms with Gasteiger partial charge in [0.2, 0.25) is 11.8 Å². The number of hydrogen-bond acceptors (Lipinski definition) is 4. The molecule has 4 N–H and O–H groups in total. The van der Waals surface area contributed by atoms with Crippen LogP contribution in [0.2, 0.25) is 0 Å². The van der Waals surface area contributed by atoms with E-state index in [2.05, 4.69) is 10.6 Å². The van der Waals surface area contributed by atoms with Gasteiger partial charge in [0.15, 0.2) is 0 Å². The van der Waals surface area contributed by atoms with Crippen LogP contribution >= 0.6 is 0 Å². The van der Waals surface area contributed by atoms with Crippen LogP contribution in [0.5, 0.6) is 0 Å². The van der Waals surface area contributed by atoms with Crippen LogP contribution in [0.4, 0.5) is 11.4 Å². The Morgan fingerprint density at radius 1 is 1.29 bits per heavy atom. The number of likely N-dealkylation sites (N-methyl/N-ethyl adjacent to an activating group) is 2. The maximum absolute atomic E-state index is 11.9. The lowest BCUT2D eigenvalue weighted by atomic mass is 10.1. The van der Waals surface area contributed by atoms with Crippen molar-refractivity contribution in [1.29, 1.82) is 0 Å². The zero-order valence-electron chi connectivity index (χ0n) is 12.9. The van der Waals surface area contributed by atoms with Crippen molar-refractivity contribution < 1.29 is 9.59 Å². The number of carbonyl (C=O) groups is 2. The molecule has 6 heteroatoms. The number of hydrogen-bond donors (Lipinski definition) is 3. The Kier molecular flexibility index (Phi) is 6.68. The van der Waals surface area contributed by atoms with Gasteiger partial charge in [-0.15, -0.1) is 0 Å². The predicted octanol–water partition coefficient (Wildman–Crippen LogP) is 0.974. The Morgan fingerprint density at radius 2 is 2.00 bits per heavy atom. The first kappa shape index (κ1) is 17.0. The Morgan fingerprint density at radius 3 is 2.67 bits per heavy atom. The highest BCUT2D eigenvalue weighted by atomic mass is 16.2. The van der Waals surface area contributed by atoms with Gasteiger partial charge in [0.1, 0.15) is 0 Å². The van der Waals surface area contributed by atoms with E-state index < -0.39 is 0 Å². The average molecular weight is 292 g/mol. The molecule has 1 rings (SSSR count). The molecular weight excluding hydrogens is 268 g/mol. The van der Waals surface area contributed by atoms with E-state index in [0.29, 0.717) is 31.7 Å². The van der Waals surface area contributed by atoms with E-state index in [1.807, 2.05) is 31.9 Å². The molecule has 0 atom stereocenters. The second kappa shape index (κ2) is 8.26. The van der Waals surface area contributed by atoms with E-state index >= 15 is 0 Å². The fourth-order valence-corrected chi connectivity index (χ4v) is 1.87.